The summed E-state index contributed by atoms with van der Waals surface area (Å²) in [5, 5.41) is 0. The maximum atomic E-state index is 13.3. The molecule has 5 heteroatoms. The van der Waals surface area contributed by atoms with Gasteiger partial charge in [0, 0.05) is 12.6 Å². The number of hydrogen-bond donors (Lipinski definition) is 1. The lowest BCUT2D eigenvalue weighted by Crippen LogP contribution is -2.46. The van der Waals surface area contributed by atoms with E-state index >= 15 is 0 Å². The van der Waals surface area contributed by atoms with E-state index in [2.05, 4.69) is 0 Å². The number of amides is 1. The van der Waals surface area contributed by atoms with Crippen molar-refractivity contribution in [2.75, 3.05) is 6.54 Å². The van der Waals surface area contributed by atoms with Crippen molar-refractivity contribution in [3.05, 3.63) is 35.6 Å². The Bertz CT molecular complexity index is 513. The van der Waals surface area contributed by atoms with Crippen LogP contribution in [0.4, 0.5) is 9.18 Å². The van der Waals surface area contributed by atoms with Crippen molar-refractivity contribution in [3.63, 3.8) is 0 Å². The minimum atomic E-state index is -0.535. The molecule has 1 saturated heterocycles. The summed E-state index contributed by atoms with van der Waals surface area (Å²) in [5.41, 5.74) is 6.42. The molecule has 1 aromatic carbocycles. The third-order valence-corrected chi connectivity index (χ3v) is 3.56. The second kappa shape index (κ2) is 6.02. The van der Waals surface area contributed by atoms with E-state index in [4.69, 9.17) is 10.5 Å². The van der Waals surface area contributed by atoms with E-state index in [9.17, 15) is 9.18 Å². The third kappa shape index (κ3) is 4.17. The van der Waals surface area contributed by atoms with E-state index in [0.29, 0.717) is 13.0 Å². The van der Waals surface area contributed by atoms with Gasteiger partial charge in [0.05, 0.1) is 6.04 Å². The van der Waals surface area contributed by atoms with E-state index in [1.807, 2.05) is 26.8 Å². The topological polar surface area (TPSA) is 55.6 Å². The summed E-state index contributed by atoms with van der Waals surface area (Å²) in [5.74, 6) is -0.275. The predicted octanol–water partition coefficient (Wildman–Crippen LogP) is 2.70. The van der Waals surface area contributed by atoms with Crippen LogP contribution in [0.3, 0.4) is 0 Å². The van der Waals surface area contributed by atoms with Crippen LogP contribution in [0, 0.1) is 5.82 Å². The van der Waals surface area contributed by atoms with Gasteiger partial charge in [-0.3, -0.25) is 0 Å². The fraction of sp³-hybridized carbons (Fsp3) is 0.562. The average molecular weight is 294 g/mol. The molecule has 4 nitrogen and oxygen atoms in total. The molecule has 21 heavy (non-hydrogen) atoms. The highest BCUT2D eigenvalue weighted by molar-refractivity contribution is 5.69. The molecule has 116 valence electrons. The van der Waals surface area contributed by atoms with Gasteiger partial charge in [-0.1, -0.05) is 12.1 Å². The molecular weight excluding hydrogens is 271 g/mol. The van der Waals surface area contributed by atoms with Gasteiger partial charge in [0.1, 0.15) is 11.4 Å². The minimum absolute atomic E-state index is 0.110. The van der Waals surface area contributed by atoms with Gasteiger partial charge in [-0.05, 0) is 51.3 Å². The molecule has 0 unspecified atom stereocenters. The second-order valence-electron chi connectivity index (χ2n) is 6.53. The normalized spacial score (nSPS) is 22.4. The summed E-state index contributed by atoms with van der Waals surface area (Å²) in [7, 11) is 0. The first-order chi connectivity index (χ1) is 9.76. The number of likely N-dealkylation sites (tertiary alicyclic amines) is 1. The highest BCUT2D eigenvalue weighted by atomic mass is 19.1. The number of ether oxygens (including phenoxy) is 1. The molecule has 1 heterocycles. The highest BCUT2D eigenvalue weighted by Crippen LogP contribution is 2.23. The first-order valence-electron chi connectivity index (χ1n) is 7.26. The summed E-state index contributed by atoms with van der Waals surface area (Å²) >= 11 is 0. The molecule has 1 fully saturated rings. The summed E-state index contributed by atoms with van der Waals surface area (Å²) in [6, 6.07) is 6.15. The Morgan fingerprint density at radius 1 is 1.48 bits per heavy atom. The number of carbonyl (C=O) groups is 1. The zero-order valence-electron chi connectivity index (χ0n) is 12.8. The minimum Gasteiger partial charge on any atom is -0.444 e. The Morgan fingerprint density at radius 2 is 2.19 bits per heavy atom. The van der Waals surface area contributed by atoms with Gasteiger partial charge in [-0.2, -0.15) is 0 Å². The van der Waals surface area contributed by atoms with Crippen molar-refractivity contribution in [1.29, 1.82) is 0 Å². The molecule has 2 rings (SSSR count). The van der Waals surface area contributed by atoms with Crippen LogP contribution in [0.25, 0.3) is 0 Å². The number of carbonyl (C=O) groups excluding carboxylic acids is 1. The van der Waals surface area contributed by atoms with E-state index in [-0.39, 0.29) is 24.0 Å². The van der Waals surface area contributed by atoms with Crippen molar-refractivity contribution in [2.45, 2.75) is 51.3 Å². The molecule has 1 aliphatic rings. The van der Waals surface area contributed by atoms with Gasteiger partial charge in [-0.25, -0.2) is 9.18 Å². The van der Waals surface area contributed by atoms with Crippen LogP contribution in [-0.4, -0.2) is 35.2 Å². The molecule has 1 aliphatic heterocycles. The SMILES string of the molecule is CC(C)(C)OC(=O)N1CC[C@@H](N)[C@@H]1Cc1cccc(F)c1. The standard InChI is InChI=1S/C16H23FN2O2/c1-16(2,3)21-15(20)19-8-7-13(18)14(19)10-11-5-4-6-12(17)9-11/h4-6,9,13-14H,7-8,10,18H2,1-3H3/t13-,14+/m1/s1. The van der Waals surface area contributed by atoms with E-state index in [0.717, 1.165) is 12.0 Å². The smallest absolute Gasteiger partial charge is 0.410 e. The molecule has 0 aliphatic carbocycles. The van der Waals surface area contributed by atoms with E-state index in [1.54, 1.807) is 11.0 Å². The molecule has 0 spiro atoms. The van der Waals surface area contributed by atoms with Gasteiger partial charge in [0.2, 0.25) is 0 Å². The number of hydrogen-bond acceptors (Lipinski definition) is 3. The van der Waals surface area contributed by atoms with E-state index in [1.165, 1.54) is 12.1 Å². The molecule has 0 radical (unpaired) electrons. The van der Waals surface area contributed by atoms with Gasteiger partial charge in [0.15, 0.2) is 0 Å². The largest absolute Gasteiger partial charge is 0.444 e. The molecule has 2 atom stereocenters. The average Bonchev–Trinajstić information content (AvgIpc) is 2.69. The maximum Gasteiger partial charge on any atom is 0.410 e. The summed E-state index contributed by atoms with van der Waals surface area (Å²) in [4.78, 5) is 13.9. The number of rotatable bonds is 2. The Kier molecular flexibility index (Phi) is 4.52. The lowest BCUT2D eigenvalue weighted by atomic mass is 10.0. The molecule has 0 bridgehead atoms. The van der Waals surface area contributed by atoms with Crippen molar-refractivity contribution < 1.29 is 13.9 Å². The lowest BCUT2D eigenvalue weighted by Gasteiger charge is -2.30. The van der Waals surface area contributed by atoms with Crippen LogP contribution in [0.5, 0.6) is 0 Å². The van der Waals surface area contributed by atoms with Crippen LogP contribution in [0.1, 0.15) is 32.8 Å². The summed E-state index contributed by atoms with van der Waals surface area (Å²) < 4.78 is 18.7. The fourth-order valence-electron chi connectivity index (χ4n) is 2.59. The summed E-state index contributed by atoms with van der Waals surface area (Å²) in [6.45, 7) is 6.09. The number of benzene rings is 1. The van der Waals surface area contributed by atoms with Gasteiger partial charge >= 0.3 is 6.09 Å². The Balaban J connectivity index is 2.10. The second-order valence-corrected chi connectivity index (χ2v) is 6.53. The van der Waals surface area contributed by atoms with Crippen LogP contribution in [-0.2, 0) is 11.2 Å². The van der Waals surface area contributed by atoms with Gasteiger partial charge < -0.3 is 15.4 Å². The quantitative estimate of drug-likeness (QED) is 0.912. The first kappa shape index (κ1) is 15.8. The molecule has 0 aromatic heterocycles. The zero-order chi connectivity index (χ0) is 15.6. The number of nitrogens with zero attached hydrogens (tertiary/aromatic N) is 1. The molecule has 0 saturated carbocycles. The van der Waals surface area contributed by atoms with Crippen molar-refractivity contribution in [2.24, 2.45) is 5.73 Å². The molecular formula is C16H23FN2O2. The fourth-order valence-corrected chi connectivity index (χ4v) is 2.59. The Morgan fingerprint density at radius 3 is 2.81 bits per heavy atom. The van der Waals surface area contributed by atoms with Crippen molar-refractivity contribution in [3.8, 4) is 0 Å². The first-order valence-corrected chi connectivity index (χ1v) is 7.26. The number of nitrogens with two attached hydrogens (primary N) is 1. The molecule has 1 amide bonds. The van der Waals surface area contributed by atoms with Gasteiger partial charge in [-0.15, -0.1) is 0 Å². The van der Waals surface area contributed by atoms with Gasteiger partial charge in [0.25, 0.3) is 0 Å². The van der Waals surface area contributed by atoms with Crippen LogP contribution in [0.2, 0.25) is 0 Å². The predicted molar refractivity (Wildman–Crippen MR) is 79.4 cm³/mol. The van der Waals surface area contributed by atoms with Crippen molar-refractivity contribution in [1.82, 2.24) is 4.90 Å². The number of halogens is 1. The zero-order valence-corrected chi connectivity index (χ0v) is 12.8. The molecule has 2 N–H and O–H groups in total. The maximum absolute atomic E-state index is 13.3. The van der Waals surface area contributed by atoms with Crippen LogP contribution < -0.4 is 5.73 Å². The van der Waals surface area contributed by atoms with Crippen molar-refractivity contribution >= 4 is 6.09 Å². The Hall–Kier alpha value is -1.62. The molecule has 1 aromatic rings. The third-order valence-electron chi connectivity index (χ3n) is 3.56. The monoisotopic (exact) mass is 294 g/mol. The Labute approximate surface area is 125 Å². The van der Waals surface area contributed by atoms with Crippen LogP contribution >= 0.6 is 0 Å². The van der Waals surface area contributed by atoms with E-state index < -0.39 is 5.60 Å². The van der Waals surface area contributed by atoms with Crippen LogP contribution in [0.15, 0.2) is 24.3 Å². The highest BCUT2D eigenvalue weighted by Gasteiger charge is 2.37. The summed E-state index contributed by atoms with van der Waals surface area (Å²) in [6.07, 6.45) is 0.925. The lowest BCUT2D eigenvalue weighted by molar-refractivity contribution is 0.0220.